The largest absolute Gasteiger partial charge is 0.308 e. The predicted octanol–water partition coefficient (Wildman–Crippen LogP) is 3.20. The topological polar surface area (TPSA) is 12.0 Å². The number of aryl methyl sites for hydroxylation is 1. The van der Waals surface area contributed by atoms with E-state index in [2.05, 4.69) is 29.8 Å². The summed E-state index contributed by atoms with van der Waals surface area (Å²) < 4.78 is 0. The van der Waals surface area contributed by atoms with Crippen LogP contribution in [0.25, 0.3) is 0 Å². The third-order valence-electron chi connectivity index (χ3n) is 2.02. The van der Waals surface area contributed by atoms with E-state index in [0.717, 1.165) is 19.5 Å². The molecular weight excluding hydrogens is 214 g/mol. The van der Waals surface area contributed by atoms with Crippen LogP contribution in [0.15, 0.2) is 23.6 Å². The maximum atomic E-state index is 5.52. The van der Waals surface area contributed by atoms with Crippen LogP contribution >= 0.6 is 22.9 Å². The average Bonchev–Trinajstić information content (AvgIpc) is 2.65. The second-order valence-corrected chi connectivity index (χ2v) is 4.29. The van der Waals surface area contributed by atoms with E-state index in [4.69, 9.17) is 11.6 Å². The van der Waals surface area contributed by atoms with Crippen molar-refractivity contribution in [2.75, 3.05) is 12.4 Å². The zero-order valence-corrected chi connectivity index (χ0v) is 10.00. The molecule has 14 heavy (non-hydrogen) atoms. The van der Waals surface area contributed by atoms with E-state index in [1.54, 1.807) is 0 Å². The van der Waals surface area contributed by atoms with Crippen molar-refractivity contribution in [1.82, 2.24) is 5.32 Å². The molecule has 1 heterocycles. The van der Waals surface area contributed by atoms with Gasteiger partial charge in [-0.05, 0) is 23.4 Å². The van der Waals surface area contributed by atoms with Crippen molar-refractivity contribution in [1.29, 1.82) is 0 Å². The lowest BCUT2D eigenvalue weighted by atomic mass is 10.2. The van der Waals surface area contributed by atoms with E-state index in [0.29, 0.717) is 5.88 Å². The van der Waals surface area contributed by atoms with Gasteiger partial charge in [-0.3, -0.25) is 0 Å². The van der Waals surface area contributed by atoms with Gasteiger partial charge in [0.05, 0.1) is 0 Å². The number of nitrogens with one attached hydrogen (secondary N) is 1. The first-order chi connectivity index (χ1) is 6.88. The Kier molecular flexibility index (Phi) is 5.92. The predicted molar refractivity (Wildman–Crippen MR) is 65.3 cm³/mol. The summed E-state index contributed by atoms with van der Waals surface area (Å²) in [4.78, 5) is 1.45. The minimum Gasteiger partial charge on any atom is -0.308 e. The number of halogens is 1. The monoisotopic (exact) mass is 229 g/mol. The van der Waals surface area contributed by atoms with Crippen molar-refractivity contribution in [2.24, 2.45) is 0 Å². The van der Waals surface area contributed by atoms with Crippen molar-refractivity contribution < 1.29 is 0 Å². The minimum atomic E-state index is 0.598. The molecule has 1 nitrogen and oxygen atoms in total. The summed E-state index contributed by atoms with van der Waals surface area (Å²) in [6.45, 7) is 4.06. The molecule has 1 aromatic rings. The zero-order chi connectivity index (χ0) is 10.2. The van der Waals surface area contributed by atoms with Gasteiger partial charge in [0.2, 0.25) is 0 Å². The summed E-state index contributed by atoms with van der Waals surface area (Å²) in [5, 5.41) is 5.52. The van der Waals surface area contributed by atoms with E-state index in [1.165, 1.54) is 10.4 Å². The Morgan fingerprint density at radius 3 is 3.07 bits per heavy atom. The molecule has 0 amide bonds. The molecular formula is C11H16ClNS. The highest BCUT2D eigenvalue weighted by Gasteiger charge is 2.00. The van der Waals surface area contributed by atoms with E-state index in [9.17, 15) is 0 Å². The number of alkyl halides is 1. The Morgan fingerprint density at radius 2 is 2.36 bits per heavy atom. The molecule has 1 rings (SSSR count). The SMILES string of the molecule is CCc1ccsc1CNC/C=C/CCl. The molecule has 0 aliphatic rings. The fourth-order valence-corrected chi connectivity index (χ4v) is 2.32. The summed E-state index contributed by atoms with van der Waals surface area (Å²) in [6.07, 6.45) is 5.15. The maximum Gasteiger partial charge on any atom is 0.0404 e. The van der Waals surface area contributed by atoms with Gasteiger partial charge in [0.25, 0.3) is 0 Å². The number of thiophene rings is 1. The molecule has 78 valence electrons. The van der Waals surface area contributed by atoms with E-state index >= 15 is 0 Å². The van der Waals surface area contributed by atoms with Gasteiger partial charge in [0.1, 0.15) is 0 Å². The molecule has 0 aliphatic carbocycles. The number of hydrogen-bond donors (Lipinski definition) is 1. The molecule has 0 saturated heterocycles. The second kappa shape index (κ2) is 7.04. The van der Waals surface area contributed by atoms with Crippen molar-refractivity contribution in [3.63, 3.8) is 0 Å². The van der Waals surface area contributed by atoms with Gasteiger partial charge in [-0.1, -0.05) is 19.1 Å². The van der Waals surface area contributed by atoms with E-state index in [-0.39, 0.29) is 0 Å². The van der Waals surface area contributed by atoms with Crippen LogP contribution in [0.4, 0.5) is 0 Å². The van der Waals surface area contributed by atoms with Gasteiger partial charge in [-0.2, -0.15) is 0 Å². The summed E-state index contributed by atoms with van der Waals surface area (Å²) >= 11 is 7.34. The second-order valence-electron chi connectivity index (χ2n) is 2.98. The summed E-state index contributed by atoms with van der Waals surface area (Å²) in [5.74, 6) is 0.598. The number of rotatable bonds is 6. The molecule has 1 aromatic heterocycles. The average molecular weight is 230 g/mol. The molecule has 0 spiro atoms. The summed E-state index contributed by atoms with van der Waals surface area (Å²) in [5.41, 5.74) is 1.46. The van der Waals surface area contributed by atoms with Gasteiger partial charge in [-0.15, -0.1) is 22.9 Å². The van der Waals surface area contributed by atoms with Crippen molar-refractivity contribution in [2.45, 2.75) is 19.9 Å². The lowest BCUT2D eigenvalue weighted by Crippen LogP contribution is -2.12. The number of allylic oxidation sites excluding steroid dienone is 1. The smallest absolute Gasteiger partial charge is 0.0404 e. The lowest BCUT2D eigenvalue weighted by molar-refractivity contribution is 0.763. The van der Waals surface area contributed by atoms with Gasteiger partial charge in [0.15, 0.2) is 0 Å². The standard InChI is InChI=1S/C11H16ClNS/c1-2-10-5-8-14-11(10)9-13-7-4-3-6-12/h3-5,8,13H,2,6-7,9H2,1H3/b4-3+. The highest BCUT2D eigenvalue weighted by atomic mass is 35.5. The molecule has 0 aliphatic heterocycles. The van der Waals surface area contributed by atoms with Crippen molar-refractivity contribution in [3.05, 3.63) is 34.0 Å². The molecule has 0 bridgehead atoms. The van der Waals surface area contributed by atoms with Crippen molar-refractivity contribution in [3.8, 4) is 0 Å². The van der Waals surface area contributed by atoms with Crippen LogP contribution in [0, 0.1) is 0 Å². The first kappa shape index (κ1) is 11.8. The molecule has 0 saturated carbocycles. The van der Waals surface area contributed by atoms with Crippen LogP contribution in [0.3, 0.4) is 0 Å². The van der Waals surface area contributed by atoms with Crippen LogP contribution in [0.1, 0.15) is 17.4 Å². The Hall–Kier alpha value is -0.310. The van der Waals surface area contributed by atoms with Crippen LogP contribution < -0.4 is 5.32 Å². The van der Waals surface area contributed by atoms with Crippen LogP contribution in [0.5, 0.6) is 0 Å². The Balaban J connectivity index is 2.27. The van der Waals surface area contributed by atoms with Crippen LogP contribution in [-0.4, -0.2) is 12.4 Å². The molecule has 1 N–H and O–H groups in total. The molecule has 0 radical (unpaired) electrons. The maximum absolute atomic E-state index is 5.52. The summed E-state index contributed by atoms with van der Waals surface area (Å²) in [6, 6.07) is 2.20. The third kappa shape index (κ3) is 3.82. The van der Waals surface area contributed by atoms with Gasteiger partial charge in [-0.25, -0.2) is 0 Å². The Labute approximate surface area is 94.8 Å². The lowest BCUT2D eigenvalue weighted by Gasteiger charge is -2.01. The molecule has 0 atom stereocenters. The quantitative estimate of drug-likeness (QED) is 0.449. The van der Waals surface area contributed by atoms with Crippen molar-refractivity contribution >= 4 is 22.9 Å². The third-order valence-corrected chi connectivity index (χ3v) is 3.16. The normalized spacial score (nSPS) is 11.3. The van der Waals surface area contributed by atoms with E-state index in [1.807, 2.05) is 17.4 Å². The minimum absolute atomic E-state index is 0.598. The molecule has 0 aromatic carbocycles. The first-order valence-corrected chi connectivity index (χ1v) is 6.26. The highest BCUT2D eigenvalue weighted by Crippen LogP contribution is 2.16. The molecule has 0 unspecified atom stereocenters. The highest BCUT2D eigenvalue weighted by molar-refractivity contribution is 7.10. The zero-order valence-electron chi connectivity index (χ0n) is 8.42. The Bertz CT molecular complexity index is 281. The first-order valence-electron chi connectivity index (χ1n) is 4.85. The van der Waals surface area contributed by atoms with Crippen LogP contribution in [-0.2, 0) is 13.0 Å². The van der Waals surface area contributed by atoms with Gasteiger partial charge < -0.3 is 5.32 Å². The van der Waals surface area contributed by atoms with Gasteiger partial charge >= 0.3 is 0 Å². The molecule has 3 heteroatoms. The fraction of sp³-hybridized carbons (Fsp3) is 0.455. The van der Waals surface area contributed by atoms with Crippen LogP contribution in [0.2, 0.25) is 0 Å². The van der Waals surface area contributed by atoms with E-state index < -0.39 is 0 Å². The fourth-order valence-electron chi connectivity index (χ4n) is 1.25. The summed E-state index contributed by atoms with van der Waals surface area (Å²) in [7, 11) is 0. The number of hydrogen-bond acceptors (Lipinski definition) is 2. The molecule has 0 fully saturated rings. The van der Waals surface area contributed by atoms with Gasteiger partial charge in [0, 0.05) is 23.8 Å². The Morgan fingerprint density at radius 1 is 1.50 bits per heavy atom.